The van der Waals surface area contributed by atoms with Gasteiger partial charge in [0.15, 0.2) is 0 Å². The first-order valence-electron chi connectivity index (χ1n) is 4.04. The largest absolute Gasteiger partial charge is 0.481 e. The zero-order valence-electron chi connectivity index (χ0n) is 6.58. The number of hydrogen-bond acceptors (Lipinski definition) is 3. The molecule has 1 heterocycles. The van der Waals surface area contributed by atoms with E-state index in [2.05, 4.69) is 0 Å². The second-order valence-corrected chi connectivity index (χ2v) is 3.48. The Balaban J connectivity index is 2.00. The van der Waals surface area contributed by atoms with Gasteiger partial charge in [-0.1, -0.05) is 0 Å². The maximum Gasteiger partial charge on any atom is 0.306 e. The second-order valence-electron chi connectivity index (χ2n) is 3.48. The van der Waals surface area contributed by atoms with Crippen molar-refractivity contribution in [3.05, 3.63) is 0 Å². The lowest BCUT2D eigenvalue weighted by Gasteiger charge is -2.13. The van der Waals surface area contributed by atoms with Gasteiger partial charge in [-0.15, -0.1) is 0 Å². The molecule has 2 aliphatic rings. The molecule has 66 valence electrons. The number of aliphatic carboxylic acids is 1. The summed E-state index contributed by atoms with van der Waals surface area (Å²) in [6, 6.07) is 0. The lowest BCUT2D eigenvalue weighted by Crippen LogP contribution is -2.26. The molecule has 2 atom stereocenters. The summed E-state index contributed by atoms with van der Waals surface area (Å²) in [7, 11) is 0. The van der Waals surface area contributed by atoms with E-state index < -0.39 is 11.6 Å². The lowest BCUT2D eigenvalue weighted by molar-refractivity contribution is -0.138. The van der Waals surface area contributed by atoms with E-state index in [0.29, 0.717) is 19.3 Å². The molecule has 0 amide bonds. The van der Waals surface area contributed by atoms with Gasteiger partial charge in [0, 0.05) is 12.8 Å². The molecule has 2 rings (SSSR count). The maximum atomic E-state index is 10.9. The molecular weight excluding hydrogens is 160 g/mol. The van der Waals surface area contributed by atoms with E-state index in [1.54, 1.807) is 0 Å². The quantitative estimate of drug-likeness (QED) is 0.607. The Morgan fingerprint density at radius 1 is 1.75 bits per heavy atom. The molecule has 0 radical (unpaired) electrons. The minimum atomic E-state index is -0.841. The van der Waals surface area contributed by atoms with Crippen molar-refractivity contribution in [2.75, 3.05) is 0 Å². The van der Waals surface area contributed by atoms with Crippen molar-refractivity contribution in [2.24, 2.45) is 0 Å². The number of carbonyl (C=O) groups excluding carboxylic acids is 1. The summed E-state index contributed by atoms with van der Waals surface area (Å²) in [5, 5.41) is 8.56. The van der Waals surface area contributed by atoms with Crippen LogP contribution in [-0.4, -0.2) is 28.6 Å². The normalized spacial score (nSPS) is 39.0. The van der Waals surface area contributed by atoms with Crippen LogP contribution >= 0.6 is 0 Å². The molecule has 0 aromatic heterocycles. The Bertz CT molecular complexity index is 247. The van der Waals surface area contributed by atoms with Crippen molar-refractivity contribution < 1.29 is 19.4 Å². The fourth-order valence-electron chi connectivity index (χ4n) is 1.86. The van der Waals surface area contributed by atoms with Crippen LogP contribution in [0.1, 0.15) is 25.7 Å². The summed E-state index contributed by atoms with van der Waals surface area (Å²) in [6.45, 7) is 0. The van der Waals surface area contributed by atoms with Crippen LogP contribution in [0, 0.1) is 0 Å². The van der Waals surface area contributed by atoms with Gasteiger partial charge in [0.25, 0.3) is 0 Å². The Morgan fingerprint density at radius 2 is 2.50 bits per heavy atom. The van der Waals surface area contributed by atoms with Gasteiger partial charge in [-0.05, 0) is 6.42 Å². The van der Waals surface area contributed by atoms with E-state index in [-0.39, 0.29) is 18.3 Å². The number of fused-ring (bicyclic) bond motifs is 1. The summed E-state index contributed by atoms with van der Waals surface area (Å²) in [6.07, 6.45) is 1.42. The maximum absolute atomic E-state index is 10.9. The first-order valence-corrected chi connectivity index (χ1v) is 4.04. The molecule has 0 aromatic carbocycles. The number of ether oxygens (including phenoxy) is 1. The monoisotopic (exact) mass is 170 g/mol. The Labute approximate surface area is 69.5 Å². The molecule has 12 heavy (non-hydrogen) atoms. The molecule has 4 heteroatoms. The molecule has 1 saturated carbocycles. The SMILES string of the molecule is O=C(O)CC12CCC(=O)CC1O2. The second kappa shape index (κ2) is 2.29. The van der Waals surface area contributed by atoms with Crippen LogP contribution in [0.4, 0.5) is 0 Å². The summed E-state index contributed by atoms with van der Waals surface area (Å²) in [5.74, 6) is -0.648. The van der Waals surface area contributed by atoms with E-state index in [1.165, 1.54) is 0 Å². The number of carbonyl (C=O) groups is 2. The van der Waals surface area contributed by atoms with Gasteiger partial charge in [0.2, 0.25) is 0 Å². The van der Waals surface area contributed by atoms with Crippen LogP contribution < -0.4 is 0 Å². The molecular formula is C8H10O4. The average molecular weight is 170 g/mol. The van der Waals surface area contributed by atoms with Crippen molar-refractivity contribution in [1.82, 2.24) is 0 Å². The van der Waals surface area contributed by atoms with Crippen molar-refractivity contribution in [1.29, 1.82) is 0 Å². The minimum Gasteiger partial charge on any atom is -0.481 e. The van der Waals surface area contributed by atoms with E-state index >= 15 is 0 Å². The van der Waals surface area contributed by atoms with Crippen molar-refractivity contribution in [3.8, 4) is 0 Å². The highest BCUT2D eigenvalue weighted by atomic mass is 16.6. The number of ketones is 1. The number of carboxylic acids is 1. The zero-order chi connectivity index (χ0) is 8.77. The van der Waals surface area contributed by atoms with Crippen LogP contribution in [0.15, 0.2) is 0 Å². The van der Waals surface area contributed by atoms with Gasteiger partial charge < -0.3 is 9.84 Å². The molecule has 2 unspecified atom stereocenters. The number of Topliss-reactive ketones (excluding diaryl/α,β-unsaturated/α-hetero) is 1. The lowest BCUT2D eigenvalue weighted by atomic mass is 9.86. The number of epoxide rings is 1. The van der Waals surface area contributed by atoms with Gasteiger partial charge >= 0.3 is 5.97 Å². The number of hydrogen-bond donors (Lipinski definition) is 1. The van der Waals surface area contributed by atoms with E-state index in [1.807, 2.05) is 0 Å². The standard InChI is InChI=1S/C8H10O4/c9-5-1-2-8(4-7(10)11)6(3-5)12-8/h6H,1-4H2,(H,10,11). The topological polar surface area (TPSA) is 66.9 Å². The predicted octanol–water partition coefficient (Wildman–Crippen LogP) is 0.352. The summed E-state index contributed by atoms with van der Waals surface area (Å²) in [5.41, 5.74) is -0.472. The first kappa shape index (κ1) is 7.73. The Hall–Kier alpha value is -0.900. The Morgan fingerprint density at radius 3 is 3.08 bits per heavy atom. The molecule has 1 N–H and O–H groups in total. The summed E-state index contributed by atoms with van der Waals surface area (Å²) >= 11 is 0. The van der Waals surface area contributed by atoms with Gasteiger partial charge in [-0.25, -0.2) is 0 Å². The summed E-state index contributed by atoms with van der Waals surface area (Å²) < 4.78 is 5.24. The molecule has 0 bridgehead atoms. The van der Waals surface area contributed by atoms with E-state index in [9.17, 15) is 9.59 Å². The highest BCUT2D eigenvalue weighted by molar-refractivity contribution is 5.81. The van der Waals surface area contributed by atoms with Gasteiger partial charge in [-0.2, -0.15) is 0 Å². The highest BCUT2D eigenvalue weighted by Crippen LogP contribution is 2.48. The summed E-state index contributed by atoms with van der Waals surface area (Å²) in [4.78, 5) is 21.3. The molecule has 2 fully saturated rings. The van der Waals surface area contributed by atoms with Crippen LogP contribution in [0.3, 0.4) is 0 Å². The predicted molar refractivity (Wildman–Crippen MR) is 38.7 cm³/mol. The van der Waals surface area contributed by atoms with Crippen molar-refractivity contribution in [2.45, 2.75) is 37.4 Å². The van der Waals surface area contributed by atoms with Crippen LogP contribution in [0.2, 0.25) is 0 Å². The molecule has 0 spiro atoms. The Kier molecular flexibility index (Phi) is 1.48. The van der Waals surface area contributed by atoms with E-state index in [0.717, 1.165) is 0 Å². The van der Waals surface area contributed by atoms with Crippen molar-refractivity contribution >= 4 is 11.8 Å². The molecule has 0 aromatic rings. The fourth-order valence-corrected chi connectivity index (χ4v) is 1.86. The van der Waals surface area contributed by atoms with E-state index in [4.69, 9.17) is 9.84 Å². The molecule has 1 saturated heterocycles. The van der Waals surface area contributed by atoms with Gasteiger partial charge in [0.05, 0.1) is 12.5 Å². The molecule has 1 aliphatic carbocycles. The van der Waals surface area contributed by atoms with Crippen LogP contribution in [0.5, 0.6) is 0 Å². The van der Waals surface area contributed by atoms with Gasteiger partial charge in [0.1, 0.15) is 11.4 Å². The smallest absolute Gasteiger partial charge is 0.306 e. The third-order valence-electron chi connectivity index (χ3n) is 2.60. The average Bonchev–Trinajstić information content (AvgIpc) is 2.60. The zero-order valence-corrected chi connectivity index (χ0v) is 6.58. The highest BCUT2D eigenvalue weighted by Gasteiger charge is 2.59. The van der Waals surface area contributed by atoms with Crippen LogP contribution in [-0.2, 0) is 14.3 Å². The number of rotatable bonds is 2. The minimum absolute atomic E-state index is 0.0466. The van der Waals surface area contributed by atoms with Crippen molar-refractivity contribution in [3.63, 3.8) is 0 Å². The number of carboxylic acid groups (broad SMARTS) is 1. The van der Waals surface area contributed by atoms with Gasteiger partial charge in [-0.3, -0.25) is 9.59 Å². The third kappa shape index (κ3) is 1.12. The molecule has 1 aliphatic heterocycles. The molecule has 4 nitrogen and oxygen atoms in total. The third-order valence-corrected chi connectivity index (χ3v) is 2.60. The first-order chi connectivity index (χ1) is 5.62. The fraction of sp³-hybridized carbons (Fsp3) is 0.750. The van der Waals surface area contributed by atoms with Crippen LogP contribution in [0.25, 0.3) is 0 Å².